The van der Waals surface area contributed by atoms with Crippen LogP contribution in [0.4, 0.5) is 0 Å². The lowest BCUT2D eigenvalue weighted by atomic mass is 9.76. The summed E-state index contributed by atoms with van der Waals surface area (Å²) in [6, 6.07) is 0.929. The van der Waals surface area contributed by atoms with Gasteiger partial charge in [0.05, 0.1) is 11.8 Å². The molecule has 4 heterocycles. The lowest BCUT2D eigenvalue weighted by Crippen LogP contribution is -2.47. The second-order valence-electron chi connectivity index (χ2n) is 9.41. The Kier molecular flexibility index (Phi) is 5.50. The quantitative estimate of drug-likeness (QED) is 0.701. The minimum atomic E-state index is -0.0203. The summed E-state index contributed by atoms with van der Waals surface area (Å²) in [5.74, 6) is 1.09. The molecule has 4 fully saturated rings. The number of rotatable bonds is 4. The van der Waals surface area contributed by atoms with Crippen molar-refractivity contribution >= 4 is 11.9 Å². The van der Waals surface area contributed by atoms with E-state index >= 15 is 0 Å². The third kappa shape index (κ3) is 3.52. The van der Waals surface area contributed by atoms with E-state index < -0.39 is 0 Å². The van der Waals surface area contributed by atoms with Crippen molar-refractivity contribution in [2.24, 2.45) is 23.7 Å². The molecule has 0 amide bonds. The number of cyclic esters (lactones) is 2. The summed E-state index contributed by atoms with van der Waals surface area (Å²) in [7, 11) is 0. The van der Waals surface area contributed by atoms with Crippen LogP contribution in [0.3, 0.4) is 0 Å². The van der Waals surface area contributed by atoms with E-state index in [1.54, 1.807) is 0 Å². The van der Waals surface area contributed by atoms with Gasteiger partial charge in [-0.05, 0) is 57.4 Å². The highest BCUT2D eigenvalue weighted by atomic mass is 16.6. The maximum Gasteiger partial charge on any atom is 0.309 e. The van der Waals surface area contributed by atoms with Crippen LogP contribution >= 0.6 is 0 Å². The van der Waals surface area contributed by atoms with Crippen molar-refractivity contribution in [1.82, 2.24) is 4.90 Å². The van der Waals surface area contributed by atoms with Gasteiger partial charge < -0.3 is 9.47 Å². The molecular formula is C22H35NO4. The molecule has 0 unspecified atom stereocenters. The van der Waals surface area contributed by atoms with Crippen molar-refractivity contribution in [3.63, 3.8) is 0 Å². The summed E-state index contributed by atoms with van der Waals surface area (Å²) in [6.45, 7) is 7.35. The minimum absolute atomic E-state index is 0.0138. The standard InChI is InChI=1S/C22H35NO4/c1-4-15(19-11-13(2)21(24)26-19)16-7-5-6-10-23-17(16)8-9-18(23)20-12-14(3)22(25)27-20/h13-20H,4-12H2,1-3H3/t13-,14-,15-,16+,17-,18-,19+,20-/m0/s1. The smallest absolute Gasteiger partial charge is 0.309 e. The van der Waals surface area contributed by atoms with E-state index in [2.05, 4.69) is 11.8 Å². The minimum Gasteiger partial charge on any atom is -0.462 e. The van der Waals surface area contributed by atoms with Crippen molar-refractivity contribution in [2.45, 2.75) is 96.4 Å². The van der Waals surface area contributed by atoms with Gasteiger partial charge in [-0.1, -0.05) is 27.2 Å². The summed E-state index contributed by atoms with van der Waals surface area (Å²) in [5.41, 5.74) is 0. The lowest BCUT2D eigenvalue weighted by molar-refractivity contribution is -0.146. The van der Waals surface area contributed by atoms with Crippen LogP contribution in [0.15, 0.2) is 0 Å². The van der Waals surface area contributed by atoms with E-state index in [1.165, 1.54) is 25.7 Å². The third-order valence-corrected chi connectivity index (χ3v) is 7.75. The van der Waals surface area contributed by atoms with Crippen LogP contribution < -0.4 is 0 Å². The first-order valence-electron chi connectivity index (χ1n) is 11.2. The molecule has 4 aliphatic rings. The predicted molar refractivity (Wildman–Crippen MR) is 102 cm³/mol. The fourth-order valence-electron chi connectivity index (χ4n) is 6.33. The molecule has 0 radical (unpaired) electrons. The van der Waals surface area contributed by atoms with E-state index in [-0.39, 0.29) is 36.0 Å². The Morgan fingerprint density at radius 1 is 0.963 bits per heavy atom. The molecule has 0 N–H and O–H groups in total. The van der Waals surface area contributed by atoms with E-state index in [0.717, 1.165) is 32.2 Å². The van der Waals surface area contributed by atoms with Crippen molar-refractivity contribution in [3.05, 3.63) is 0 Å². The Morgan fingerprint density at radius 2 is 1.67 bits per heavy atom. The topological polar surface area (TPSA) is 55.8 Å². The van der Waals surface area contributed by atoms with Crippen LogP contribution in [0.1, 0.15) is 72.1 Å². The fourth-order valence-corrected chi connectivity index (χ4v) is 6.33. The van der Waals surface area contributed by atoms with Crippen LogP contribution in [0.25, 0.3) is 0 Å². The Balaban J connectivity index is 1.51. The summed E-state index contributed by atoms with van der Waals surface area (Å²) < 4.78 is 11.5. The van der Waals surface area contributed by atoms with Crippen molar-refractivity contribution < 1.29 is 19.1 Å². The second kappa shape index (κ2) is 7.73. The molecule has 0 saturated carbocycles. The summed E-state index contributed by atoms with van der Waals surface area (Å²) >= 11 is 0. The molecule has 152 valence electrons. The average molecular weight is 378 g/mol. The number of carbonyl (C=O) groups excluding carboxylic acids is 2. The molecule has 5 nitrogen and oxygen atoms in total. The molecule has 0 aromatic carbocycles. The first kappa shape index (κ1) is 19.2. The predicted octanol–water partition coefficient (Wildman–Crippen LogP) is 3.55. The Hall–Kier alpha value is -1.10. The third-order valence-electron chi connectivity index (χ3n) is 7.75. The first-order chi connectivity index (χ1) is 13.0. The highest BCUT2D eigenvalue weighted by molar-refractivity contribution is 5.74. The van der Waals surface area contributed by atoms with Crippen LogP contribution in [-0.4, -0.2) is 47.7 Å². The van der Waals surface area contributed by atoms with Gasteiger partial charge in [0.25, 0.3) is 0 Å². The van der Waals surface area contributed by atoms with Crippen LogP contribution in [0.2, 0.25) is 0 Å². The molecule has 0 aromatic heterocycles. The van der Waals surface area contributed by atoms with E-state index in [4.69, 9.17) is 9.47 Å². The summed E-state index contributed by atoms with van der Waals surface area (Å²) in [4.78, 5) is 26.6. The van der Waals surface area contributed by atoms with Crippen molar-refractivity contribution in [1.29, 1.82) is 0 Å². The fraction of sp³-hybridized carbons (Fsp3) is 0.909. The molecule has 27 heavy (non-hydrogen) atoms. The second-order valence-corrected chi connectivity index (χ2v) is 9.41. The maximum atomic E-state index is 12.0. The number of esters is 2. The van der Waals surface area contributed by atoms with Gasteiger partial charge in [-0.2, -0.15) is 0 Å². The van der Waals surface area contributed by atoms with Gasteiger partial charge in [-0.25, -0.2) is 0 Å². The number of hydrogen-bond acceptors (Lipinski definition) is 5. The zero-order valence-electron chi connectivity index (χ0n) is 17.1. The van der Waals surface area contributed by atoms with Crippen LogP contribution in [0.5, 0.6) is 0 Å². The normalized spacial score (nSPS) is 43.9. The van der Waals surface area contributed by atoms with Gasteiger partial charge in [0.15, 0.2) is 0 Å². The Labute approximate surface area is 163 Å². The Morgan fingerprint density at radius 3 is 2.30 bits per heavy atom. The first-order valence-corrected chi connectivity index (χ1v) is 11.2. The van der Waals surface area contributed by atoms with E-state index in [1.807, 2.05) is 13.8 Å². The van der Waals surface area contributed by atoms with Crippen LogP contribution in [0, 0.1) is 23.7 Å². The lowest BCUT2D eigenvalue weighted by Gasteiger charge is -2.39. The number of fused-ring (bicyclic) bond motifs is 1. The zero-order chi connectivity index (χ0) is 19.1. The summed E-state index contributed by atoms with van der Waals surface area (Å²) in [5, 5.41) is 0. The van der Waals surface area contributed by atoms with E-state index in [9.17, 15) is 9.59 Å². The number of carbonyl (C=O) groups is 2. The number of hydrogen-bond donors (Lipinski definition) is 0. The molecule has 5 heteroatoms. The highest BCUT2D eigenvalue weighted by Crippen LogP contribution is 2.45. The molecule has 4 aliphatic heterocycles. The molecule has 0 spiro atoms. The molecule has 0 aromatic rings. The van der Waals surface area contributed by atoms with Crippen molar-refractivity contribution in [2.75, 3.05) is 6.54 Å². The van der Waals surface area contributed by atoms with Gasteiger partial charge in [0.2, 0.25) is 0 Å². The maximum absolute atomic E-state index is 12.0. The van der Waals surface area contributed by atoms with Gasteiger partial charge in [0, 0.05) is 18.0 Å². The molecule has 4 rings (SSSR count). The van der Waals surface area contributed by atoms with E-state index in [0.29, 0.717) is 23.9 Å². The zero-order valence-corrected chi connectivity index (χ0v) is 17.1. The van der Waals surface area contributed by atoms with Gasteiger partial charge in [0.1, 0.15) is 12.2 Å². The molecule has 0 aliphatic carbocycles. The van der Waals surface area contributed by atoms with Crippen molar-refractivity contribution in [3.8, 4) is 0 Å². The summed E-state index contributed by atoms with van der Waals surface area (Å²) in [6.07, 6.45) is 8.98. The SMILES string of the molecule is CC[C@@H]([C@H]1CCCCN2[C@H]1CC[C@H]2[C@@H]1C[C@H](C)C(=O)O1)[C@H]1C[C@H](C)C(=O)O1. The van der Waals surface area contributed by atoms with Gasteiger partial charge in [-0.3, -0.25) is 14.5 Å². The van der Waals surface area contributed by atoms with Gasteiger partial charge >= 0.3 is 11.9 Å². The molecule has 8 atom stereocenters. The number of nitrogens with zero attached hydrogens (tertiary/aromatic N) is 1. The monoisotopic (exact) mass is 377 g/mol. The Bertz CT molecular complexity index is 579. The average Bonchev–Trinajstić information content (AvgIpc) is 3.25. The molecule has 0 bridgehead atoms. The molecule has 4 saturated heterocycles. The number of ether oxygens (including phenoxy) is 2. The van der Waals surface area contributed by atoms with Crippen LogP contribution in [-0.2, 0) is 19.1 Å². The van der Waals surface area contributed by atoms with Gasteiger partial charge in [-0.15, -0.1) is 0 Å². The largest absolute Gasteiger partial charge is 0.462 e. The molecular weight excluding hydrogens is 342 g/mol. The highest BCUT2D eigenvalue weighted by Gasteiger charge is 2.49.